The van der Waals surface area contributed by atoms with Crippen LogP contribution in [-0.4, -0.2) is 17.4 Å². The van der Waals surface area contributed by atoms with E-state index in [0.717, 1.165) is 11.2 Å². The van der Waals surface area contributed by atoms with E-state index in [9.17, 15) is 9.59 Å². The second-order valence-electron chi connectivity index (χ2n) is 4.47. The van der Waals surface area contributed by atoms with E-state index in [4.69, 9.17) is 5.11 Å². The van der Waals surface area contributed by atoms with Crippen LogP contribution in [0.4, 0.5) is 0 Å². The van der Waals surface area contributed by atoms with Crippen molar-refractivity contribution in [3.05, 3.63) is 27.5 Å². The maximum atomic E-state index is 11.1. The van der Waals surface area contributed by atoms with Gasteiger partial charge >= 0.3 is 5.97 Å². The van der Waals surface area contributed by atoms with Crippen LogP contribution in [-0.2, 0) is 4.79 Å². The molecule has 0 saturated heterocycles. The Hall–Kier alpha value is -1.42. The Labute approximate surface area is 98.4 Å². The van der Waals surface area contributed by atoms with Crippen LogP contribution in [0.5, 0.6) is 0 Å². The number of carboxylic acids is 1. The Balaban J connectivity index is 3.12. The maximum absolute atomic E-state index is 11.1. The average molecular weight is 238 g/mol. The van der Waals surface area contributed by atoms with Crippen molar-refractivity contribution in [3.8, 4) is 0 Å². The SMILES string of the molecule is CC(C)(C)C(=Cc1ccc(C=O)s1)C(=O)O. The molecule has 3 nitrogen and oxygen atoms in total. The van der Waals surface area contributed by atoms with Gasteiger partial charge in [0, 0.05) is 10.5 Å². The molecule has 0 aromatic carbocycles. The zero-order valence-corrected chi connectivity index (χ0v) is 10.3. The van der Waals surface area contributed by atoms with Crippen LogP contribution in [0.1, 0.15) is 35.3 Å². The van der Waals surface area contributed by atoms with Crippen molar-refractivity contribution < 1.29 is 14.7 Å². The minimum absolute atomic E-state index is 0.340. The first-order chi connectivity index (χ1) is 7.34. The van der Waals surface area contributed by atoms with Crippen molar-refractivity contribution in [2.24, 2.45) is 5.41 Å². The Morgan fingerprint density at radius 1 is 1.31 bits per heavy atom. The maximum Gasteiger partial charge on any atom is 0.332 e. The van der Waals surface area contributed by atoms with Crippen molar-refractivity contribution in [3.63, 3.8) is 0 Å². The molecule has 1 aromatic rings. The summed E-state index contributed by atoms with van der Waals surface area (Å²) in [6, 6.07) is 3.44. The van der Waals surface area contributed by atoms with Gasteiger partial charge in [0.1, 0.15) is 0 Å². The standard InChI is InChI=1S/C12H14O3S/c1-12(2,3)10(11(14)15)6-8-4-5-9(7-13)16-8/h4-7H,1-3H3,(H,14,15). The molecule has 86 valence electrons. The number of hydrogen-bond acceptors (Lipinski definition) is 3. The quantitative estimate of drug-likeness (QED) is 0.650. The van der Waals surface area contributed by atoms with E-state index in [1.807, 2.05) is 20.8 Å². The van der Waals surface area contributed by atoms with Gasteiger partial charge in [-0.3, -0.25) is 4.79 Å². The van der Waals surface area contributed by atoms with E-state index >= 15 is 0 Å². The normalized spacial score (nSPS) is 12.6. The molecule has 1 heterocycles. The number of rotatable bonds is 3. The highest BCUT2D eigenvalue weighted by Crippen LogP contribution is 2.29. The van der Waals surface area contributed by atoms with Gasteiger partial charge in [-0.25, -0.2) is 4.79 Å². The predicted octanol–water partition coefficient (Wildman–Crippen LogP) is 3.07. The third kappa shape index (κ3) is 3.03. The highest BCUT2D eigenvalue weighted by Gasteiger charge is 2.23. The van der Waals surface area contributed by atoms with Crippen molar-refractivity contribution in [2.45, 2.75) is 20.8 Å². The summed E-state index contributed by atoms with van der Waals surface area (Å²) in [5.74, 6) is -0.923. The molecule has 0 atom stereocenters. The number of hydrogen-bond donors (Lipinski definition) is 1. The number of carbonyl (C=O) groups excluding carboxylic acids is 1. The lowest BCUT2D eigenvalue weighted by Crippen LogP contribution is -2.17. The highest BCUT2D eigenvalue weighted by molar-refractivity contribution is 7.14. The summed E-state index contributed by atoms with van der Waals surface area (Å²) in [7, 11) is 0. The van der Waals surface area contributed by atoms with Crippen LogP contribution in [0.2, 0.25) is 0 Å². The van der Waals surface area contributed by atoms with Crippen molar-refractivity contribution in [2.75, 3.05) is 0 Å². The minimum Gasteiger partial charge on any atom is -0.478 e. The second-order valence-corrected chi connectivity index (χ2v) is 5.62. The molecular formula is C12H14O3S. The first-order valence-corrected chi connectivity index (χ1v) is 5.66. The van der Waals surface area contributed by atoms with Crippen LogP contribution < -0.4 is 0 Å². The molecule has 0 fully saturated rings. The lowest BCUT2D eigenvalue weighted by Gasteiger charge is -2.18. The first kappa shape index (κ1) is 12.6. The van der Waals surface area contributed by atoms with Crippen LogP contribution >= 0.6 is 11.3 Å². The number of aldehydes is 1. The summed E-state index contributed by atoms with van der Waals surface area (Å²) in [5, 5.41) is 9.10. The van der Waals surface area contributed by atoms with Gasteiger partial charge in [0.2, 0.25) is 0 Å². The van der Waals surface area contributed by atoms with Crippen molar-refractivity contribution in [1.82, 2.24) is 0 Å². The fourth-order valence-corrected chi connectivity index (χ4v) is 2.02. The van der Waals surface area contributed by atoms with E-state index in [0.29, 0.717) is 10.5 Å². The molecule has 0 amide bonds. The number of carbonyl (C=O) groups is 2. The lowest BCUT2D eigenvalue weighted by molar-refractivity contribution is -0.133. The summed E-state index contributed by atoms with van der Waals surface area (Å²) >= 11 is 1.29. The third-order valence-corrected chi connectivity index (χ3v) is 3.05. The largest absolute Gasteiger partial charge is 0.478 e. The van der Waals surface area contributed by atoms with Crippen molar-refractivity contribution >= 4 is 29.7 Å². The molecule has 0 saturated carbocycles. The van der Waals surface area contributed by atoms with Crippen LogP contribution in [0.25, 0.3) is 6.08 Å². The first-order valence-electron chi connectivity index (χ1n) is 4.85. The molecule has 0 spiro atoms. The molecule has 0 aliphatic rings. The topological polar surface area (TPSA) is 54.4 Å². The van der Waals surface area contributed by atoms with Gasteiger partial charge in [-0.1, -0.05) is 20.8 Å². The molecule has 1 aromatic heterocycles. The van der Waals surface area contributed by atoms with Gasteiger partial charge < -0.3 is 5.11 Å². The zero-order valence-electron chi connectivity index (χ0n) is 9.48. The van der Waals surface area contributed by atoms with E-state index in [1.165, 1.54) is 11.3 Å². The molecule has 4 heteroatoms. The summed E-state index contributed by atoms with van der Waals surface area (Å²) < 4.78 is 0. The second kappa shape index (κ2) is 4.61. The van der Waals surface area contributed by atoms with Gasteiger partial charge in [-0.15, -0.1) is 11.3 Å². The Kier molecular flexibility index (Phi) is 3.65. The summed E-state index contributed by atoms with van der Waals surface area (Å²) in [6.45, 7) is 5.55. The van der Waals surface area contributed by atoms with E-state index in [1.54, 1.807) is 18.2 Å². The molecule has 0 aliphatic heterocycles. The monoisotopic (exact) mass is 238 g/mol. The predicted molar refractivity (Wildman–Crippen MR) is 64.8 cm³/mol. The molecule has 0 aliphatic carbocycles. The molecular weight excluding hydrogens is 224 g/mol. The van der Waals surface area contributed by atoms with Gasteiger partial charge in [0.15, 0.2) is 6.29 Å². The van der Waals surface area contributed by atoms with Crippen LogP contribution in [0.15, 0.2) is 17.7 Å². The number of thiophene rings is 1. The van der Waals surface area contributed by atoms with Gasteiger partial charge in [0.25, 0.3) is 0 Å². The zero-order chi connectivity index (χ0) is 12.3. The Bertz CT molecular complexity index is 435. The van der Waals surface area contributed by atoms with Crippen LogP contribution in [0, 0.1) is 5.41 Å². The average Bonchev–Trinajstić information content (AvgIpc) is 2.59. The fourth-order valence-electron chi connectivity index (χ4n) is 1.25. The molecule has 1 rings (SSSR count). The van der Waals surface area contributed by atoms with E-state index in [-0.39, 0.29) is 0 Å². The number of carboxylic acid groups (broad SMARTS) is 1. The molecule has 16 heavy (non-hydrogen) atoms. The Morgan fingerprint density at radius 3 is 2.25 bits per heavy atom. The lowest BCUT2D eigenvalue weighted by atomic mass is 9.86. The van der Waals surface area contributed by atoms with E-state index < -0.39 is 11.4 Å². The van der Waals surface area contributed by atoms with Gasteiger partial charge in [-0.2, -0.15) is 0 Å². The smallest absolute Gasteiger partial charge is 0.332 e. The Morgan fingerprint density at radius 2 is 1.88 bits per heavy atom. The summed E-state index contributed by atoms with van der Waals surface area (Å²) in [5.41, 5.74) is -0.0798. The fraction of sp³-hybridized carbons (Fsp3) is 0.333. The van der Waals surface area contributed by atoms with Crippen LogP contribution in [0.3, 0.4) is 0 Å². The molecule has 0 radical (unpaired) electrons. The van der Waals surface area contributed by atoms with E-state index in [2.05, 4.69) is 0 Å². The minimum atomic E-state index is -0.923. The molecule has 0 bridgehead atoms. The third-order valence-electron chi connectivity index (χ3n) is 2.09. The summed E-state index contributed by atoms with van der Waals surface area (Å²) in [4.78, 5) is 23.0. The van der Waals surface area contributed by atoms with Gasteiger partial charge in [-0.05, 0) is 23.6 Å². The highest BCUT2D eigenvalue weighted by atomic mass is 32.1. The molecule has 1 N–H and O–H groups in total. The molecule has 0 unspecified atom stereocenters. The summed E-state index contributed by atoms with van der Waals surface area (Å²) in [6.07, 6.45) is 2.39. The number of aliphatic carboxylic acids is 1. The van der Waals surface area contributed by atoms with Crippen molar-refractivity contribution in [1.29, 1.82) is 0 Å². The van der Waals surface area contributed by atoms with Gasteiger partial charge in [0.05, 0.1) is 4.88 Å².